The van der Waals surface area contributed by atoms with E-state index in [0.29, 0.717) is 18.2 Å². The van der Waals surface area contributed by atoms with Crippen LogP contribution in [0.25, 0.3) is 0 Å². The van der Waals surface area contributed by atoms with E-state index in [4.69, 9.17) is 10.5 Å². The van der Waals surface area contributed by atoms with Crippen molar-refractivity contribution in [2.75, 3.05) is 5.73 Å². The summed E-state index contributed by atoms with van der Waals surface area (Å²) in [4.78, 5) is 0. The highest BCUT2D eigenvalue weighted by atomic mass is 19.1. The third kappa shape index (κ3) is 3.29. The van der Waals surface area contributed by atoms with Gasteiger partial charge in [0.2, 0.25) is 0 Å². The first-order valence-electron chi connectivity index (χ1n) is 6.74. The summed E-state index contributed by atoms with van der Waals surface area (Å²) in [6, 6.07) is 10.6. The van der Waals surface area contributed by atoms with E-state index in [9.17, 15) is 4.39 Å². The van der Waals surface area contributed by atoms with E-state index >= 15 is 0 Å². The molecule has 106 valence electrons. The maximum Gasteiger partial charge on any atom is 0.125 e. The van der Waals surface area contributed by atoms with Gasteiger partial charge in [-0.05, 0) is 42.2 Å². The van der Waals surface area contributed by atoms with Crippen LogP contribution in [0.4, 0.5) is 10.1 Å². The van der Waals surface area contributed by atoms with E-state index in [1.165, 1.54) is 17.7 Å². The lowest BCUT2D eigenvalue weighted by molar-refractivity contribution is 0.304. The van der Waals surface area contributed by atoms with Gasteiger partial charge in [-0.3, -0.25) is 0 Å². The SMILES string of the molecule is Cc1ccc(C(C)C)cc1OCc1ccc(F)cc1N. The second kappa shape index (κ2) is 5.95. The van der Waals surface area contributed by atoms with Gasteiger partial charge in [0.05, 0.1) is 0 Å². The lowest BCUT2D eigenvalue weighted by Gasteiger charge is -2.13. The molecule has 2 nitrogen and oxygen atoms in total. The highest BCUT2D eigenvalue weighted by Crippen LogP contribution is 2.25. The summed E-state index contributed by atoms with van der Waals surface area (Å²) in [5.74, 6) is 0.970. The van der Waals surface area contributed by atoms with E-state index in [-0.39, 0.29) is 5.82 Å². The number of ether oxygens (including phenoxy) is 1. The quantitative estimate of drug-likeness (QED) is 0.837. The summed E-state index contributed by atoms with van der Waals surface area (Å²) in [6.07, 6.45) is 0. The zero-order valence-electron chi connectivity index (χ0n) is 12.1. The lowest BCUT2D eigenvalue weighted by atomic mass is 10.0. The van der Waals surface area contributed by atoms with Gasteiger partial charge >= 0.3 is 0 Å². The second-order valence-corrected chi connectivity index (χ2v) is 5.31. The molecule has 0 heterocycles. The Balaban J connectivity index is 2.16. The molecule has 0 atom stereocenters. The molecule has 0 spiro atoms. The molecular formula is C17H20FNO. The van der Waals surface area contributed by atoms with Crippen molar-refractivity contribution in [2.24, 2.45) is 0 Å². The minimum Gasteiger partial charge on any atom is -0.489 e. The molecule has 0 radical (unpaired) electrons. The summed E-state index contributed by atoms with van der Waals surface area (Å²) >= 11 is 0. The molecule has 0 amide bonds. The van der Waals surface area contributed by atoms with Crippen LogP contribution in [0.5, 0.6) is 5.75 Å². The Morgan fingerprint density at radius 1 is 1.15 bits per heavy atom. The molecule has 2 aromatic carbocycles. The molecule has 0 fully saturated rings. The van der Waals surface area contributed by atoms with Crippen LogP contribution in [0.15, 0.2) is 36.4 Å². The molecule has 3 heteroatoms. The second-order valence-electron chi connectivity index (χ2n) is 5.31. The molecule has 2 N–H and O–H groups in total. The number of nitrogens with two attached hydrogens (primary N) is 1. The Bertz CT molecular complexity index is 608. The fourth-order valence-corrected chi connectivity index (χ4v) is 1.98. The minimum absolute atomic E-state index is 0.329. The van der Waals surface area contributed by atoms with Crippen molar-refractivity contribution in [3.8, 4) is 5.75 Å². The van der Waals surface area contributed by atoms with Crippen molar-refractivity contribution in [3.63, 3.8) is 0 Å². The standard InChI is InChI=1S/C17H20FNO/c1-11(2)13-5-4-12(3)17(8-13)20-10-14-6-7-15(18)9-16(14)19/h4-9,11H,10,19H2,1-3H3. The van der Waals surface area contributed by atoms with Crippen LogP contribution < -0.4 is 10.5 Å². The Kier molecular flexibility index (Phi) is 4.28. The van der Waals surface area contributed by atoms with Gasteiger partial charge in [0, 0.05) is 11.3 Å². The molecule has 0 aromatic heterocycles. The number of hydrogen-bond donors (Lipinski definition) is 1. The number of benzene rings is 2. The van der Waals surface area contributed by atoms with Crippen molar-refractivity contribution >= 4 is 5.69 Å². The van der Waals surface area contributed by atoms with Gasteiger partial charge in [0.25, 0.3) is 0 Å². The number of halogens is 1. The first kappa shape index (κ1) is 14.4. The fourth-order valence-electron chi connectivity index (χ4n) is 1.98. The molecule has 0 aliphatic carbocycles. The van der Waals surface area contributed by atoms with Crippen molar-refractivity contribution in [3.05, 3.63) is 58.9 Å². The van der Waals surface area contributed by atoms with Crippen LogP contribution >= 0.6 is 0 Å². The Morgan fingerprint density at radius 2 is 1.90 bits per heavy atom. The van der Waals surface area contributed by atoms with E-state index in [2.05, 4.69) is 32.0 Å². The largest absolute Gasteiger partial charge is 0.489 e. The molecule has 0 aliphatic rings. The number of nitrogen functional groups attached to an aromatic ring is 1. The van der Waals surface area contributed by atoms with E-state index in [1.807, 2.05) is 6.92 Å². The van der Waals surface area contributed by atoms with E-state index < -0.39 is 0 Å². The Labute approximate surface area is 119 Å². The molecule has 2 rings (SSSR count). The summed E-state index contributed by atoms with van der Waals surface area (Å²) < 4.78 is 18.8. The highest BCUT2D eigenvalue weighted by Gasteiger charge is 2.07. The van der Waals surface area contributed by atoms with Crippen molar-refractivity contribution in [2.45, 2.75) is 33.3 Å². The molecule has 0 aliphatic heterocycles. The topological polar surface area (TPSA) is 35.2 Å². The predicted octanol–water partition coefficient (Wildman–Crippen LogP) is 4.42. The van der Waals surface area contributed by atoms with Gasteiger partial charge in [-0.1, -0.05) is 32.0 Å². The van der Waals surface area contributed by atoms with Gasteiger partial charge in [0.15, 0.2) is 0 Å². The zero-order valence-corrected chi connectivity index (χ0v) is 12.1. The first-order valence-corrected chi connectivity index (χ1v) is 6.74. The Morgan fingerprint density at radius 3 is 2.55 bits per heavy atom. The molecule has 0 saturated heterocycles. The minimum atomic E-state index is -0.329. The number of aryl methyl sites for hydroxylation is 1. The van der Waals surface area contributed by atoms with Crippen LogP contribution in [0.2, 0.25) is 0 Å². The summed E-state index contributed by atoms with van der Waals surface area (Å²) in [7, 11) is 0. The number of rotatable bonds is 4. The normalized spacial score (nSPS) is 10.8. The zero-order chi connectivity index (χ0) is 14.7. The summed E-state index contributed by atoms with van der Waals surface area (Å²) in [6.45, 7) is 6.64. The van der Waals surface area contributed by atoms with Gasteiger partial charge in [-0.25, -0.2) is 4.39 Å². The smallest absolute Gasteiger partial charge is 0.125 e. The van der Waals surface area contributed by atoms with Gasteiger partial charge < -0.3 is 10.5 Å². The van der Waals surface area contributed by atoms with Crippen LogP contribution in [0.1, 0.15) is 36.5 Å². The summed E-state index contributed by atoms with van der Waals surface area (Å²) in [5.41, 5.74) is 9.31. The van der Waals surface area contributed by atoms with Crippen LogP contribution in [-0.4, -0.2) is 0 Å². The average Bonchev–Trinajstić information content (AvgIpc) is 2.39. The first-order chi connectivity index (χ1) is 9.47. The monoisotopic (exact) mass is 273 g/mol. The van der Waals surface area contributed by atoms with Crippen LogP contribution in [-0.2, 0) is 6.61 Å². The third-order valence-corrected chi connectivity index (χ3v) is 3.37. The van der Waals surface area contributed by atoms with Crippen molar-refractivity contribution in [1.82, 2.24) is 0 Å². The number of hydrogen-bond acceptors (Lipinski definition) is 2. The van der Waals surface area contributed by atoms with Crippen molar-refractivity contribution < 1.29 is 9.13 Å². The van der Waals surface area contributed by atoms with Crippen LogP contribution in [0, 0.1) is 12.7 Å². The van der Waals surface area contributed by atoms with E-state index in [0.717, 1.165) is 16.9 Å². The molecule has 0 saturated carbocycles. The molecule has 0 bridgehead atoms. The predicted molar refractivity (Wildman–Crippen MR) is 80.4 cm³/mol. The number of anilines is 1. The van der Waals surface area contributed by atoms with Gasteiger partial charge in [0.1, 0.15) is 18.2 Å². The fraction of sp³-hybridized carbons (Fsp3) is 0.294. The molecule has 20 heavy (non-hydrogen) atoms. The molecule has 2 aromatic rings. The van der Waals surface area contributed by atoms with Gasteiger partial charge in [-0.2, -0.15) is 0 Å². The van der Waals surface area contributed by atoms with Crippen molar-refractivity contribution in [1.29, 1.82) is 0 Å². The molecular weight excluding hydrogens is 253 g/mol. The van der Waals surface area contributed by atoms with Crippen LogP contribution in [0.3, 0.4) is 0 Å². The lowest BCUT2D eigenvalue weighted by Crippen LogP contribution is -2.02. The maximum absolute atomic E-state index is 13.0. The summed E-state index contributed by atoms with van der Waals surface area (Å²) in [5, 5.41) is 0. The highest BCUT2D eigenvalue weighted by molar-refractivity contribution is 5.47. The maximum atomic E-state index is 13.0. The Hall–Kier alpha value is -2.03. The van der Waals surface area contributed by atoms with E-state index in [1.54, 1.807) is 6.07 Å². The third-order valence-electron chi connectivity index (χ3n) is 3.37. The average molecular weight is 273 g/mol. The van der Waals surface area contributed by atoms with Gasteiger partial charge in [-0.15, -0.1) is 0 Å². The molecule has 0 unspecified atom stereocenters.